The van der Waals surface area contributed by atoms with Gasteiger partial charge in [-0.15, -0.1) is 11.3 Å². The Morgan fingerprint density at radius 1 is 0.286 bits per heavy atom. The Balaban J connectivity index is 0.961. The number of fused-ring (bicyclic) bond motifs is 10. The van der Waals surface area contributed by atoms with Crippen LogP contribution in [0.25, 0.3) is 120 Å². The summed E-state index contributed by atoms with van der Waals surface area (Å²) in [6.45, 7) is 0. The lowest BCUT2D eigenvalue weighted by Crippen LogP contribution is -2.01. The van der Waals surface area contributed by atoms with E-state index in [1.54, 1.807) is 0 Å². The van der Waals surface area contributed by atoms with Crippen molar-refractivity contribution in [2.45, 2.75) is 0 Å². The maximum absolute atomic E-state index is 5.19. The molecule has 294 valence electrons. The van der Waals surface area contributed by atoms with Crippen molar-refractivity contribution in [3.8, 4) is 56.7 Å². The molecule has 0 radical (unpaired) electrons. The van der Waals surface area contributed by atoms with Crippen LogP contribution in [-0.2, 0) is 0 Å². The average molecular weight is 822 g/mol. The van der Waals surface area contributed by atoms with Crippen LogP contribution < -0.4 is 0 Å². The van der Waals surface area contributed by atoms with Gasteiger partial charge < -0.3 is 9.13 Å². The molecular weight excluding hydrogens is 787 g/mol. The summed E-state index contributed by atoms with van der Waals surface area (Å²) in [6, 6.07) is 75.6. The van der Waals surface area contributed by atoms with Crippen LogP contribution in [0.1, 0.15) is 0 Å². The van der Waals surface area contributed by atoms with Crippen LogP contribution in [0.2, 0.25) is 0 Å². The Labute approximate surface area is 366 Å². The maximum Gasteiger partial charge on any atom is 0.164 e. The molecule has 0 amide bonds. The third-order valence-electron chi connectivity index (χ3n) is 12.4. The lowest BCUT2D eigenvalue weighted by molar-refractivity contribution is 1.07. The highest BCUT2D eigenvalue weighted by molar-refractivity contribution is 7.25. The Morgan fingerprint density at radius 2 is 0.730 bits per heavy atom. The van der Waals surface area contributed by atoms with Crippen molar-refractivity contribution < 1.29 is 0 Å². The van der Waals surface area contributed by atoms with Gasteiger partial charge in [0.15, 0.2) is 17.5 Å². The van der Waals surface area contributed by atoms with Gasteiger partial charge in [0.05, 0.1) is 22.1 Å². The summed E-state index contributed by atoms with van der Waals surface area (Å²) in [5, 5.41) is 7.47. The van der Waals surface area contributed by atoms with Crippen molar-refractivity contribution in [2.24, 2.45) is 0 Å². The molecule has 0 spiro atoms. The van der Waals surface area contributed by atoms with Crippen LogP contribution in [-0.4, -0.2) is 24.1 Å². The van der Waals surface area contributed by atoms with Crippen molar-refractivity contribution in [3.63, 3.8) is 0 Å². The molecule has 0 fully saturated rings. The van der Waals surface area contributed by atoms with Gasteiger partial charge in [0.2, 0.25) is 0 Å². The quantitative estimate of drug-likeness (QED) is 0.168. The molecule has 5 nitrogen and oxygen atoms in total. The molecule has 63 heavy (non-hydrogen) atoms. The third kappa shape index (κ3) is 5.73. The molecule has 4 aromatic heterocycles. The highest BCUT2D eigenvalue weighted by Gasteiger charge is 2.21. The molecule has 0 unspecified atom stereocenters. The lowest BCUT2D eigenvalue weighted by atomic mass is 10.0. The summed E-state index contributed by atoms with van der Waals surface area (Å²) in [6.07, 6.45) is 0. The minimum atomic E-state index is 0.622. The van der Waals surface area contributed by atoms with E-state index in [9.17, 15) is 0 Å². The van der Waals surface area contributed by atoms with Crippen LogP contribution in [0.4, 0.5) is 0 Å². The zero-order valence-corrected chi connectivity index (χ0v) is 34.7. The van der Waals surface area contributed by atoms with E-state index in [1.807, 2.05) is 29.5 Å². The minimum absolute atomic E-state index is 0.622. The minimum Gasteiger partial charge on any atom is -0.307 e. The average Bonchev–Trinajstić information content (AvgIpc) is 4.02. The van der Waals surface area contributed by atoms with Gasteiger partial charge in [-0.2, -0.15) is 0 Å². The largest absolute Gasteiger partial charge is 0.307 e. The van der Waals surface area contributed by atoms with Crippen molar-refractivity contribution in [2.75, 3.05) is 0 Å². The molecule has 4 heterocycles. The fraction of sp³-hybridized carbons (Fsp3) is 0. The highest BCUT2D eigenvalue weighted by Crippen LogP contribution is 2.42. The zero-order valence-electron chi connectivity index (χ0n) is 33.9. The Hall–Kier alpha value is -8.19. The molecular formula is C57H35N5S. The zero-order chi connectivity index (χ0) is 41.4. The summed E-state index contributed by atoms with van der Waals surface area (Å²) < 4.78 is 7.42. The number of para-hydroxylation sites is 3. The first kappa shape index (κ1) is 35.6. The molecule has 0 aliphatic rings. The van der Waals surface area contributed by atoms with Gasteiger partial charge in [-0.3, -0.25) is 0 Å². The molecule has 13 rings (SSSR count). The van der Waals surface area contributed by atoms with Crippen molar-refractivity contribution in [1.29, 1.82) is 0 Å². The van der Waals surface area contributed by atoms with Gasteiger partial charge in [0, 0.05) is 69.8 Å². The van der Waals surface area contributed by atoms with E-state index in [0.717, 1.165) is 44.7 Å². The summed E-state index contributed by atoms with van der Waals surface area (Å²) in [5.74, 6) is 1.89. The van der Waals surface area contributed by atoms with Crippen LogP contribution >= 0.6 is 11.3 Å². The van der Waals surface area contributed by atoms with Gasteiger partial charge in [0.25, 0.3) is 0 Å². The molecule has 0 N–H and O–H groups in total. The van der Waals surface area contributed by atoms with E-state index in [1.165, 1.54) is 58.3 Å². The second kappa shape index (κ2) is 14.2. The van der Waals surface area contributed by atoms with Gasteiger partial charge in [-0.05, 0) is 77.9 Å². The van der Waals surface area contributed by atoms with E-state index in [2.05, 4.69) is 203 Å². The second-order valence-corrected chi connectivity index (χ2v) is 17.1. The van der Waals surface area contributed by atoms with Gasteiger partial charge >= 0.3 is 0 Å². The first-order valence-electron chi connectivity index (χ1n) is 21.2. The van der Waals surface area contributed by atoms with Crippen molar-refractivity contribution in [1.82, 2.24) is 24.1 Å². The normalized spacial score (nSPS) is 11.8. The molecule has 6 heteroatoms. The lowest BCUT2D eigenvalue weighted by Gasteiger charge is -2.13. The summed E-state index contributed by atoms with van der Waals surface area (Å²) in [5.41, 5.74) is 11.9. The summed E-state index contributed by atoms with van der Waals surface area (Å²) >= 11 is 1.84. The molecule has 0 bridgehead atoms. The number of benzene rings is 9. The third-order valence-corrected chi connectivity index (χ3v) is 13.5. The standard InChI is InChI=1S/C57H35N5S/c1-3-14-36(15-4-1)55-58-56(60-57(59-55)40-17-13-16-38(34-40)39-28-31-46-45-22-9-12-25-51(45)63-52(46)35-39)37-26-29-42(30-27-37)62-50-24-11-8-21-44(50)48-33-32-47-43-20-7-10-23-49(43)61(53(47)54(48)62)41-18-5-2-6-19-41/h1-35H. The molecule has 0 atom stereocenters. The fourth-order valence-corrected chi connectivity index (χ4v) is 10.6. The van der Waals surface area contributed by atoms with Crippen molar-refractivity contribution in [3.05, 3.63) is 212 Å². The predicted molar refractivity (Wildman–Crippen MR) is 263 cm³/mol. The van der Waals surface area contributed by atoms with E-state index >= 15 is 0 Å². The van der Waals surface area contributed by atoms with Crippen LogP contribution in [0.3, 0.4) is 0 Å². The van der Waals surface area contributed by atoms with Crippen molar-refractivity contribution >= 4 is 75.1 Å². The number of aromatic nitrogens is 5. The number of nitrogens with zero attached hydrogens (tertiary/aromatic N) is 5. The molecule has 9 aromatic carbocycles. The topological polar surface area (TPSA) is 48.5 Å². The molecule has 0 saturated heterocycles. The van der Waals surface area contributed by atoms with Gasteiger partial charge in [-0.1, -0.05) is 146 Å². The van der Waals surface area contributed by atoms with E-state index in [4.69, 9.17) is 15.0 Å². The Morgan fingerprint density at radius 3 is 1.40 bits per heavy atom. The first-order chi connectivity index (χ1) is 31.2. The van der Waals surface area contributed by atoms with Crippen LogP contribution in [0.5, 0.6) is 0 Å². The number of hydrogen-bond acceptors (Lipinski definition) is 4. The van der Waals surface area contributed by atoms with Crippen LogP contribution in [0.15, 0.2) is 212 Å². The first-order valence-corrected chi connectivity index (χ1v) is 22.0. The maximum atomic E-state index is 5.19. The van der Waals surface area contributed by atoms with Crippen LogP contribution in [0, 0.1) is 0 Å². The molecule has 0 aliphatic carbocycles. The highest BCUT2D eigenvalue weighted by atomic mass is 32.1. The van der Waals surface area contributed by atoms with E-state index in [-0.39, 0.29) is 0 Å². The Bertz CT molecular complexity index is 3900. The number of thiophene rings is 1. The number of hydrogen-bond donors (Lipinski definition) is 0. The second-order valence-electron chi connectivity index (χ2n) is 16.0. The number of rotatable bonds is 6. The monoisotopic (exact) mass is 821 g/mol. The molecule has 0 saturated carbocycles. The summed E-state index contributed by atoms with van der Waals surface area (Å²) in [4.78, 5) is 15.4. The molecule has 0 aliphatic heterocycles. The van der Waals surface area contributed by atoms with E-state index < -0.39 is 0 Å². The van der Waals surface area contributed by atoms with Gasteiger partial charge in [0.1, 0.15) is 0 Å². The predicted octanol–water partition coefficient (Wildman–Crippen LogP) is 15.1. The van der Waals surface area contributed by atoms with Gasteiger partial charge in [-0.25, -0.2) is 15.0 Å². The Kier molecular flexibility index (Phi) is 8.01. The smallest absolute Gasteiger partial charge is 0.164 e. The molecule has 13 aromatic rings. The van der Waals surface area contributed by atoms with E-state index in [0.29, 0.717) is 17.5 Å². The SMILES string of the molecule is c1ccc(-c2nc(-c3ccc(-n4c5ccccc5c5ccc6c7ccccc7n(-c7ccccc7)c6c54)cc3)nc(-c3cccc(-c4ccc5c(c4)sc4ccccc45)c3)n2)cc1. The summed E-state index contributed by atoms with van der Waals surface area (Å²) in [7, 11) is 0. The fourth-order valence-electron chi connectivity index (χ4n) is 9.47.